The summed E-state index contributed by atoms with van der Waals surface area (Å²) in [5.41, 5.74) is 1.65. The van der Waals surface area contributed by atoms with Gasteiger partial charge in [-0.1, -0.05) is 0 Å². The Bertz CT molecular complexity index is 660. The molecule has 0 radical (unpaired) electrons. The van der Waals surface area contributed by atoms with Crippen molar-refractivity contribution in [1.29, 1.82) is 5.26 Å². The Balaban J connectivity index is 1.46. The quantitative estimate of drug-likeness (QED) is 0.836. The molecule has 0 aliphatic carbocycles. The average molecular weight is 325 g/mol. The molecule has 0 saturated carbocycles. The summed E-state index contributed by atoms with van der Waals surface area (Å²) in [5.74, 6) is 0.216. The number of nitrogens with zero attached hydrogens (tertiary/aromatic N) is 3. The molecule has 0 unspecified atom stereocenters. The first kappa shape index (κ1) is 15.6. The van der Waals surface area contributed by atoms with E-state index < -0.39 is 0 Å². The normalized spacial score (nSPS) is 28.6. The van der Waals surface area contributed by atoms with Gasteiger partial charge in [0, 0.05) is 49.9 Å². The maximum absolute atomic E-state index is 12.6. The van der Waals surface area contributed by atoms with Crippen molar-refractivity contribution in [3.63, 3.8) is 0 Å². The van der Waals surface area contributed by atoms with Gasteiger partial charge < -0.3 is 9.64 Å². The number of rotatable bonds is 2. The number of benzene rings is 1. The van der Waals surface area contributed by atoms with E-state index in [1.54, 1.807) is 12.1 Å². The summed E-state index contributed by atoms with van der Waals surface area (Å²) >= 11 is 0. The molecule has 3 heterocycles. The fraction of sp³-hybridized carbons (Fsp3) is 0.579. The topological polar surface area (TPSA) is 56.6 Å². The molecule has 5 heteroatoms. The smallest absolute Gasteiger partial charge is 0.227 e. The van der Waals surface area contributed by atoms with Crippen molar-refractivity contribution < 1.29 is 9.53 Å². The van der Waals surface area contributed by atoms with Crippen LogP contribution in [0.1, 0.15) is 31.2 Å². The van der Waals surface area contributed by atoms with Crippen molar-refractivity contribution in [2.24, 2.45) is 5.41 Å². The van der Waals surface area contributed by atoms with Crippen LogP contribution in [0.15, 0.2) is 24.3 Å². The lowest BCUT2D eigenvalue weighted by Crippen LogP contribution is -2.40. The fourth-order valence-electron chi connectivity index (χ4n) is 4.45. The molecule has 1 aromatic carbocycles. The molecule has 3 fully saturated rings. The van der Waals surface area contributed by atoms with Gasteiger partial charge in [-0.2, -0.15) is 5.26 Å². The Morgan fingerprint density at radius 3 is 2.62 bits per heavy atom. The van der Waals surface area contributed by atoms with Crippen molar-refractivity contribution in [3.8, 4) is 6.07 Å². The molecule has 4 rings (SSSR count). The second kappa shape index (κ2) is 6.19. The zero-order valence-electron chi connectivity index (χ0n) is 13.9. The van der Waals surface area contributed by atoms with E-state index in [1.807, 2.05) is 17.0 Å². The zero-order valence-corrected chi connectivity index (χ0v) is 13.9. The highest BCUT2D eigenvalue weighted by atomic mass is 16.5. The van der Waals surface area contributed by atoms with E-state index >= 15 is 0 Å². The Kier molecular flexibility index (Phi) is 4.03. The number of nitriles is 1. The number of hydrogen-bond donors (Lipinski definition) is 0. The summed E-state index contributed by atoms with van der Waals surface area (Å²) in [5, 5.41) is 8.92. The molecule has 3 aliphatic rings. The molecule has 1 atom stereocenters. The van der Waals surface area contributed by atoms with E-state index in [4.69, 9.17) is 10.00 Å². The van der Waals surface area contributed by atoms with Gasteiger partial charge in [0.05, 0.1) is 11.6 Å². The third-order valence-corrected chi connectivity index (χ3v) is 5.80. The van der Waals surface area contributed by atoms with Crippen molar-refractivity contribution in [2.75, 3.05) is 37.7 Å². The minimum atomic E-state index is 0.100. The number of hydrogen-bond acceptors (Lipinski definition) is 4. The van der Waals surface area contributed by atoms with Crippen LogP contribution < -0.4 is 4.90 Å². The monoisotopic (exact) mass is 325 g/mol. The van der Waals surface area contributed by atoms with Crippen molar-refractivity contribution >= 4 is 11.6 Å². The number of amides is 1. The van der Waals surface area contributed by atoms with E-state index in [-0.39, 0.29) is 11.3 Å². The van der Waals surface area contributed by atoms with Gasteiger partial charge in [-0.25, -0.2) is 0 Å². The number of likely N-dealkylation sites (tertiary alicyclic amines) is 1. The number of carbonyl (C=O) groups excluding carboxylic acids is 1. The molecule has 3 saturated heterocycles. The molecule has 0 aromatic heterocycles. The van der Waals surface area contributed by atoms with Crippen LogP contribution in [0.2, 0.25) is 0 Å². The predicted octanol–water partition coefficient (Wildman–Crippen LogP) is 2.17. The zero-order chi connectivity index (χ0) is 16.6. The molecule has 0 N–H and O–H groups in total. The number of anilines is 1. The van der Waals surface area contributed by atoms with E-state index in [0.717, 1.165) is 57.8 Å². The van der Waals surface area contributed by atoms with Gasteiger partial charge in [0.15, 0.2) is 0 Å². The fourth-order valence-corrected chi connectivity index (χ4v) is 4.45. The second-order valence-corrected chi connectivity index (χ2v) is 7.38. The van der Waals surface area contributed by atoms with Gasteiger partial charge >= 0.3 is 0 Å². The van der Waals surface area contributed by atoms with Crippen molar-refractivity contribution in [3.05, 3.63) is 29.8 Å². The lowest BCUT2D eigenvalue weighted by atomic mass is 9.86. The third-order valence-electron chi connectivity index (χ3n) is 5.80. The van der Waals surface area contributed by atoms with Crippen molar-refractivity contribution in [2.45, 2.75) is 31.7 Å². The summed E-state index contributed by atoms with van der Waals surface area (Å²) in [6.07, 6.45) is 3.97. The lowest BCUT2D eigenvalue weighted by Gasteiger charge is -2.32. The first-order valence-corrected chi connectivity index (χ1v) is 8.81. The number of carbonyl (C=O) groups is 1. The average Bonchev–Trinajstić information content (AvgIpc) is 3.19. The lowest BCUT2D eigenvalue weighted by molar-refractivity contribution is -0.117. The van der Waals surface area contributed by atoms with Crippen LogP contribution in [0.5, 0.6) is 0 Å². The molecular formula is C19H23N3O2. The van der Waals surface area contributed by atoms with E-state index in [0.29, 0.717) is 18.0 Å². The standard InChI is InChI=1S/C19H23N3O2/c20-12-15-1-3-17(4-2-15)22-14-19(11-18(22)23)7-8-21(13-19)16-5-9-24-10-6-16/h1-4,16H,5-11,13-14H2/t19-/m0/s1. The molecule has 1 spiro atoms. The van der Waals surface area contributed by atoms with Gasteiger partial charge in [0.2, 0.25) is 5.91 Å². The highest BCUT2D eigenvalue weighted by Crippen LogP contribution is 2.43. The van der Waals surface area contributed by atoms with Gasteiger partial charge in [-0.15, -0.1) is 0 Å². The van der Waals surface area contributed by atoms with Crippen LogP contribution in [-0.2, 0) is 9.53 Å². The Morgan fingerprint density at radius 2 is 1.92 bits per heavy atom. The summed E-state index contributed by atoms with van der Waals surface area (Å²) in [6.45, 7) is 4.65. The van der Waals surface area contributed by atoms with Crippen LogP contribution in [0.3, 0.4) is 0 Å². The summed E-state index contributed by atoms with van der Waals surface area (Å²) in [4.78, 5) is 17.1. The van der Waals surface area contributed by atoms with Crippen LogP contribution >= 0.6 is 0 Å². The third kappa shape index (κ3) is 2.81. The van der Waals surface area contributed by atoms with Crippen LogP contribution in [0, 0.1) is 16.7 Å². The summed E-state index contributed by atoms with van der Waals surface area (Å²) in [6, 6.07) is 10.1. The summed E-state index contributed by atoms with van der Waals surface area (Å²) < 4.78 is 5.48. The van der Waals surface area contributed by atoms with Crippen LogP contribution in [0.25, 0.3) is 0 Å². The molecule has 0 bridgehead atoms. The Morgan fingerprint density at radius 1 is 1.17 bits per heavy atom. The highest BCUT2D eigenvalue weighted by Gasteiger charge is 2.48. The minimum absolute atomic E-state index is 0.100. The second-order valence-electron chi connectivity index (χ2n) is 7.38. The molecular weight excluding hydrogens is 302 g/mol. The maximum Gasteiger partial charge on any atom is 0.227 e. The van der Waals surface area contributed by atoms with Crippen molar-refractivity contribution in [1.82, 2.24) is 4.90 Å². The van der Waals surface area contributed by atoms with Gasteiger partial charge in [0.25, 0.3) is 0 Å². The Hall–Kier alpha value is -1.90. The van der Waals surface area contributed by atoms with Crippen LogP contribution in [0.4, 0.5) is 5.69 Å². The van der Waals surface area contributed by atoms with Gasteiger partial charge in [-0.05, 0) is 50.1 Å². The molecule has 126 valence electrons. The Labute approximate surface area is 142 Å². The minimum Gasteiger partial charge on any atom is -0.381 e. The predicted molar refractivity (Wildman–Crippen MR) is 90.6 cm³/mol. The first-order valence-electron chi connectivity index (χ1n) is 8.81. The maximum atomic E-state index is 12.6. The van der Waals surface area contributed by atoms with E-state index in [2.05, 4.69) is 11.0 Å². The van der Waals surface area contributed by atoms with Crippen LogP contribution in [-0.4, -0.2) is 49.7 Å². The largest absolute Gasteiger partial charge is 0.381 e. The molecule has 1 amide bonds. The van der Waals surface area contributed by atoms with Gasteiger partial charge in [0.1, 0.15) is 0 Å². The van der Waals surface area contributed by atoms with Gasteiger partial charge in [-0.3, -0.25) is 9.69 Å². The highest BCUT2D eigenvalue weighted by molar-refractivity contribution is 5.96. The van der Waals surface area contributed by atoms with E-state index in [1.165, 1.54) is 0 Å². The number of ether oxygens (including phenoxy) is 1. The summed E-state index contributed by atoms with van der Waals surface area (Å²) in [7, 11) is 0. The molecule has 5 nitrogen and oxygen atoms in total. The van der Waals surface area contributed by atoms with E-state index in [9.17, 15) is 4.79 Å². The molecule has 3 aliphatic heterocycles. The SMILES string of the molecule is N#Cc1ccc(N2C[C@@]3(CCN(C4CCOCC4)C3)CC2=O)cc1. The molecule has 24 heavy (non-hydrogen) atoms. The molecule has 1 aromatic rings. The first-order chi connectivity index (χ1) is 11.7.